The Morgan fingerprint density at radius 1 is 1.27 bits per heavy atom. The van der Waals surface area contributed by atoms with Crippen molar-refractivity contribution in [1.82, 2.24) is 9.78 Å². The molecular formula is C18H25N3O4S. The molecule has 0 saturated carbocycles. The lowest BCUT2D eigenvalue weighted by Crippen LogP contribution is -2.17. The molecule has 0 saturated heterocycles. The van der Waals surface area contributed by atoms with Crippen LogP contribution in [0, 0.1) is 6.92 Å². The summed E-state index contributed by atoms with van der Waals surface area (Å²) in [5.41, 5.74) is 1.88. The molecule has 0 radical (unpaired) electrons. The molecule has 0 bridgehead atoms. The van der Waals surface area contributed by atoms with Gasteiger partial charge in [-0.25, -0.2) is 8.42 Å². The van der Waals surface area contributed by atoms with Gasteiger partial charge in [-0.05, 0) is 31.9 Å². The van der Waals surface area contributed by atoms with Crippen LogP contribution in [0.2, 0.25) is 0 Å². The normalized spacial score (nSPS) is 11.5. The molecule has 2 N–H and O–H groups in total. The summed E-state index contributed by atoms with van der Waals surface area (Å²) in [5, 5.41) is 6.16. The van der Waals surface area contributed by atoms with Crippen molar-refractivity contribution in [2.24, 2.45) is 0 Å². The first-order valence-corrected chi connectivity index (χ1v) is 10.5. The molecule has 7 nitrogen and oxygen atoms in total. The Kier molecular flexibility index (Phi) is 6.07. The van der Waals surface area contributed by atoms with Gasteiger partial charge in [0.05, 0.1) is 16.3 Å². The molecule has 0 aliphatic rings. The van der Waals surface area contributed by atoms with Crippen LogP contribution in [0.5, 0.6) is 0 Å². The Morgan fingerprint density at radius 2 is 1.96 bits per heavy atom. The van der Waals surface area contributed by atoms with Gasteiger partial charge in [-0.1, -0.05) is 19.4 Å². The number of aryl methyl sites for hydroxylation is 1. The third-order valence-electron chi connectivity index (χ3n) is 4.35. The molecule has 0 aliphatic heterocycles. The topological polar surface area (TPSA) is 101 Å². The average molecular weight is 379 g/mol. The van der Waals surface area contributed by atoms with Gasteiger partial charge in [-0.2, -0.15) is 0 Å². The minimum Gasteiger partial charge on any atom is -0.384 e. The van der Waals surface area contributed by atoms with Gasteiger partial charge < -0.3 is 5.32 Å². The highest BCUT2D eigenvalue weighted by Gasteiger charge is 2.22. The number of benzene rings is 1. The molecule has 0 aliphatic carbocycles. The van der Waals surface area contributed by atoms with E-state index in [1.54, 1.807) is 19.9 Å². The van der Waals surface area contributed by atoms with Crippen LogP contribution >= 0.6 is 0 Å². The van der Waals surface area contributed by atoms with E-state index in [4.69, 9.17) is 0 Å². The molecule has 1 aromatic carbocycles. The van der Waals surface area contributed by atoms with E-state index in [0.29, 0.717) is 41.9 Å². The van der Waals surface area contributed by atoms with E-state index in [-0.39, 0.29) is 16.0 Å². The van der Waals surface area contributed by atoms with E-state index in [2.05, 4.69) is 17.3 Å². The molecule has 0 atom stereocenters. The lowest BCUT2D eigenvalue weighted by atomic mass is 10.0. The second-order valence-corrected chi connectivity index (χ2v) is 8.22. The number of hydrogen-bond donors (Lipinski definition) is 2. The van der Waals surface area contributed by atoms with Crippen molar-refractivity contribution in [3.8, 4) is 11.3 Å². The first kappa shape index (κ1) is 20.0. The van der Waals surface area contributed by atoms with Gasteiger partial charge >= 0.3 is 0 Å². The van der Waals surface area contributed by atoms with E-state index in [9.17, 15) is 18.0 Å². The van der Waals surface area contributed by atoms with Gasteiger partial charge in [0.15, 0.2) is 16.1 Å². The first-order valence-electron chi connectivity index (χ1n) is 8.62. The summed E-state index contributed by atoms with van der Waals surface area (Å²) < 4.78 is 25.7. The number of nitrogens with one attached hydrogen (secondary N) is 2. The van der Waals surface area contributed by atoms with Crippen molar-refractivity contribution >= 4 is 21.8 Å². The molecule has 0 fully saturated rings. The number of hydrogen-bond acceptors (Lipinski definition) is 5. The third-order valence-corrected chi connectivity index (χ3v) is 5.49. The number of sulfone groups is 1. The molecular weight excluding hydrogens is 354 g/mol. The second-order valence-electron chi connectivity index (χ2n) is 6.23. The van der Waals surface area contributed by atoms with Crippen LogP contribution in [0.3, 0.4) is 0 Å². The summed E-state index contributed by atoms with van der Waals surface area (Å²) >= 11 is 0. The van der Waals surface area contributed by atoms with Crippen molar-refractivity contribution in [2.75, 3.05) is 18.1 Å². The van der Waals surface area contributed by atoms with Crippen LogP contribution in [0.25, 0.3) is 11.3 Å². The molecule has 8 heteroatoms. The number of carbonyl (C=O) groups excluding carboxylic acids is 1. The SMILES string of the molecule is CCCCNc1c(S(C)(=O)=O)ccc(-c2[nH]n(CC)c(=O)c2C=O)c1C. The number of rotatable bonds is 8. The number of aromatic nitrogens is 2. The van der Waals surface area contributed by atoms with Crippen molar-refractivity contribution < 1.29 is 13.2 Å². The Bertz CT molecular complexity index is 971. The molecule has 0 unspecified atom stereocenters. The van der Waals surface area contributed by atoms with Crippen molar-refractivity contribution in [3.63, 3.8) is 0 Å². The number of H-pyrrole nitrogens is 1. The largest absolute Gasteiger partial charge is 0.384 e. The lowest BCUT2D eigenvalue weighted by Gasteiger charge is -2.17. The predicted molar refractivity (Wildman–Crippen MR) is 103 cm³/mol. The van der Waals surface area contributed by atoms with Crippen LogP contribution in [0.4, 0.5) is 5.69 Å². The summed E-state index contributed by atoms with van der Waals surface area (Å²) in [4.78, 5) is 23.9. The molecule has 26 heavy (non-hydrogen) atoms. The lowest BCUT2D eigenvalue weighted by molar-refractivity contribution is 0.112. The molecule has 2 rings (SSSR count). The number of anilines is 1. The monoisotopic (exact) mass is 379 g/mol. The minimum absolute atomic E-state index is 0.0431. The van der Waals surface area contributed by atoms with Gasteiger partial charge in [0.2, 0.25) is 0 Å². The molecule has 2 aromatic rings. The number of carbonyl (C=O) groups is 1. The fraction of sp³-hybridized carbons (Fsp3) is 0.444. The Morgan fingerprint density at radius 3 is 2.50 bits per heavy atom. The van der Waals surface area contributed by atoms with E-state index < -0.39 is 9.84 Å². The Balaban J connectivity index is 2.71. The number of nitrogens with zero attached hydrogens (tertiary/aromatic N) is 1. The van der Waals surface area contributed by atoms with Crippen LogP contribution in [0.1, 0.15) is 42.6 Å². The summed E-state index contributed by atoms with van der Waals surface area (Å²) in [6, 6.07) is 3.15. The first-order chi connectivity index (χ1) is 12.3. The number of aldehydes is 1. The zero-order valence-electron chi connectivity index (χ0n) is 15.5. The maximum atomic E-state index is 12.2. The zero-order chi connectivity index (χ0) is 19.5. The van der Waals surface area contributed by atoms with Crippen LogP contribution in [-0.2, 0) is 16.4 Å². The van der Waals surface area contributed by atoms with E-state index >= 15 is 0 Å². The smallest absolute Gasteiger partial charge is 0.277 e. The Hall–Kier alpha value is -2.35. The van der Waals surface area contributed by atoms with Gasteiger partial charge in [-0.3, -0.25) is 19.4 Å². The van der Waals surface area contributed by atoms with Gasteiger partial charge in [0, 0.05) is 24.9 Å². The predicted octanol–water partition coefficient (Wildman–Crippen LogP) is 2.60. The maximum Gasteiger partial charge on any atom is 0.277 e. The van der Waals surface area contributed by atoms with Crippen LogP contribution in [0.15, 0.2) is 21.8 Å². The molecule has 1 heterocycles. The molecule has 0 amide bonds. The van der Waals surface area contributed by atoms with Crippen molar-refractivity contribution in [3.05, 3.63) is 33.6 Å². The number of unbranched alkanes of at least 4 members (excludes halogenated alkanes) is 1. The fourth-order valence-electron chi connectivity index (χ4n) is 2.91. The zero-order valence-corrected chi connectivity index (χ0v) is 16.4. The van der Waals surface area contributed by atoms with E-state index in [0.717, 1.165) is 12.8 Å². The fourth-order valence-corrected chi connectivity index (χ4v) is 3.82. The van der Waals surface area contributed by atoms with Gasteiger partial charge in [-0.15, -0.1) is 0 Å². The summed E-state index contributed by atoms with van der Waals surface area (Å²) in [6.45, 7) is 6.68. The third kappa shape index (κ3) is 3.75. The number of aromatic amines is 1. The Labute approximate surface area is 153 Å². The quantitative estimate of drug-likeness (QED) is 0.542. The highest BCUT2D eigenvalue weighted by Crippen LogP contribution is 2.33. The van der Waals surface area contributed by atoms with Crippen molar-refractivity contribution in [2.45, 2.75) is 45.1 Å². The van der Waals surface area contributed by atoms with Crippen LogP contribution < -0.4 is 10.9 Å². The van der Waals surface area contributed by atoms with Gasteiger partial charge in [0.1, 0.15) is 5.56 Å². The van der Waals surface area contributed by atoms with Crippen LogP contribution in [-0.4, -0.2) is 37.3 Å². The molecule has 0 spiro atoms. The standard InChI is InChI=1S/C18H25N3O4S/c1-5-7-10-19-16-12(3)13(8-9-15(16)26(4,24)25)17-14(11-22)18(23)21(6-2)20-17/h8-9,11,19-20H,5-7,10H2,1-4H3. The second kappa shape index (κ2) is 7.90. The summed E-state index contributed by atoms with van der Waals surface area (Å²) in [6.07, 6.45) is 3.57. The highest BCUT2D eigenvalue weighted by molar-refractivity contribution is 7.90. The average Bonchev–Trinajstić information content (AvgIpc) is 2.90. The minimum atomic E-state index is -3.42. The molecule has 1 aromatic heterocycles. The highest BCUT2D eigenvalue weighted by atomic mass is 32.2. The van der Waals surface area contributed by atoms with Crippen molar-refractivity contribution in [1.29, 1.82) is 0 Å². The van der Waals surface area contributed by atoms with E-state index in [1.165, 1.54) is 17.0 Å². The maximum absolute atomic E-state index is 12.2. The van der Waals surface area contributed by atoms with Gasteiger partial charge in [0.25, 0.3) is 5.56 Å². The van der Waals surface area contributed by atoms with E-state index in [1.807, 2.05) is 0 Å². The summed E-state index contributed by atoms with van der Waals surface area (Å²) in [7, 11) is -3.42. The molecule has 142 valence electrons. The summed E-state index contributed by atoms with van der Waals surface area (Å²) in [5.74, 6) is 0.